The number of carbonyl (C=O) groups excluding carboxylic acids is 1. The summed E-state index contributed by atoms with van der Waals surface area (Å²) in [6, 6.07) is 12.2. The normalized spacial score (nSPS) is 17.3. The summed E-state index contributed by atoms with van der Waals surface area (Å²) in [4.78, 5) is 12.4. The maximum Gasteiger partial charge on any atom is 0.154 e. The van der Waals surface area contributed by atoms with Gasteiger partial charge in [-0.1, -0.05) is 41.9 Å². The molecular weight excluding hydrogens is 289 g/mol. The van der Waals surface area contributed by atoms with Gasteiger partial charge in [0.2, 0.25) is 0 Å². The minimum atomic E-state index is -0.424. The summed E-state index contributed by atoms with van der Waals surface area (Å²) >= 11 is 5.98. The highest BCUT2D eigenvalue weighted by Gasteiger charge is 2.25. The van der Waals surface area contributed by atoms with Gasteiger partial charge in [0.25, 0.3) is 0 Å². The molecule has 2 aromatic rings. The highest BCUT2D eigenvalue weighted by atomic mass is 35.5. The fourth-order valence-electron chi connectivity index (χ4n) is 2.68. The molecule has 1 atom stereocenters. The number of benzene rings is 2. The number of hydrogen-bond acceptors (Lipinski definition) is 2. The van der Waals surface area contributed by atoms with Crippen LogP contribution in [0.25, 0.3) is 0 Å². The van der Waals surface area contributed by atoms with E-state index in [1.807, 2.05) is 18.2 Å². The van der Waals surface area contributed by atoms with E-state index in [0.717, 1.165) is 0 Å². The predicted molar refractivity (Wildman–Crippen MR) is 80.9 cm³/mol. The summed E-state index contributed by atoms with van der Waals surface area (Å²) in [5.41, 5.74) is 2.67. The van der Waals surface area contributed by atoms with Gasteiger partial charge >= 0.3 is 0 Å². The SMILES string of the molecule is O=C(Cc1c(F)cccc1Cl)C1Cc2ccccc2CN1. The van der Waals surface area contributed by atoms with Crippen molar-refractivity contribution in [2.75, 3.05) is 0 Å². The van der Waals surface area contributed by atoms with E-state index in [2.05, 4.69) is 11.4 Å². The lowest BCUT2D eigenvalue weighted by Crippen LogP contribution is -2.42. The van der Waals surface area contributed by atoms with Gasteiger partial charge in [0, 0.05) is 23.6 Å². The quantitative estimate of drug-likeness (QED) is 0.942. The number of carbonyl (C=O) groups is 1. The van der Waals surface area contributed by atoms with E-state index in [1.54, 1.807) is 12.1 Å². The van der Waals surface area contributed by atoms with Crippen molar-refractivity contribution in [2.45, 2.75) is 25.4 Å². The number of hydrogen-bond donors (Lipinski definition) is 1. The number of ketones is 1. The first-order valence-electron chi connectivity index (χ1n) is 6.91. The van der Waals surface area contributed by atoms with E-state index in [1.165, 1.54) is 17.2 Å². The molecule has 108 valence electrons. The van der Waals surface area contributed by atoms with Crippen LogP contribution < -0.4 is 5.32 Å². The highest BCUT2D eigenvalue weighted by molar-refractivity contribution is 6.31. The first-order valence-corrected chi connectivity index (χ1v) is 7.28. The predicted octanol–water partition coefficient (Wildman–Crippen LogP) is 3.31. The zero-order valence-corrected chi connectivity index (χ0v) is 12.2. The van der Waals surface area contributed by atoms with Gasteiger partial charge in [0.15, 0.2) is 5.78 Å². The maximum atomic E-state index is 13.8. The summed E-state index contributed by atoms with van der Waals surface area (Å²) < 4.78 is 13.8. The maximum absolute atomic E-state index is 13.8. The molecule has 0 aliphatic carbocycles. The van der Waals surface area contributed by atoms with E-state index in [-0.39, 0.29) is 23.8 Å². The molecule has 0 spiro atoms. The molecule has 0 amide bonds. The molecule has 0 aromatic heterocycles. The summed E-state index contributed by atoms with van der Waals surface area (Å²) in [5, 5.41) is 3.52. The third-order valence-electron chi connectivity index (χ3n) is 3.88. The number of rotatable bonds is 3. The van der Waals surface area contributed by atoms with Crippen LogP contribution in [0.5, 0.6) is 0 Å². The molecule has 0 saturated heterocycles. The molecular formula is C17H15ClFNO. The summed E-state index contributed by atoms with van der Waals surface area (Å²) in [6.45, 7) is 0.664. The summed E-state index contributed by atoms with van der Waals surface area (Å²) in [7, 11) is 0. The van der Waals surface area contributed by atoms with E-state index in [0.29, 0.717) is 18.0 Å². The van der Waals surface area contributed by atoms with E-state index < -0.39 is 5.82 Å². The van der Waals surface area contributed by atoms with Crippen LogP contribution in [0.15, 0.2) is 42.5 Å². The Kier molecular flexibility index (Phi) is 4.04. The van der Waals surface area contributed by atoms with Gasteiger partial charge in [0.1, 0.15) is 5.82 Å². The Hall–Kier alpha value is -1.71. The minimum Gasteiger partial charge on any atom is -0.303 e. The Balaban J connectivity index is 1.76. The lowest BCUT2D eigenvalue weighted by molar-refractivity contribution is -0.120. The van der Waals surface area contributed by atoms with E-state index in [4.69, 9.17) is 11.6 Å². The van der Waals surface area contributed by atoms with Gasteiger partial charge in [-0.25, -0.2) is 4.39 Å². The van der Waals surface area contributed by atoms with Crippen LogP contribution in [-0.2, 0) is 24.2 Å². The molecule has 3 rings (SSSR count). The molecule has 1 N–H and O–H groups in total. The van der Waals surface area contributed by atoms with Crippen LogP contribution in [0.2, 0.25) is 5.02 Å². The Morgan fingerprint density at radius 2 is 1.95 bits per heavy atom. The molecule has 0 radical (unpaired) electrons. The van der Waals surface area contributed by atoms with Crippen LogP contribution in [0.4, 0.5) is 4.39 Å². The van der Waals surface area contributed by atoms with Crippen molar-refractivity contribution in [3.8, 4) is 0 Å². The van der Waals surface area contributed by atoms with Crippen molar-refractivity contribution < 1.29 is 9.18 Å². The third kappa shape index (κ3) is 2.99. The number of halogens is 2. The molecule has 21 heavy (non-hydrogen) atoms. The molecule has 1 heterocycles. The van der Waals surface area contributed by atoms with Crippen LogP contribution in [0.1, 0.15) is 16.7 Å². The Bertz CT molecular complexity index is 666. The van der Waals surface area contributed by atoms with Crippen molar-refractivity contribution >= 4 is 17.4 Å². The summed E-state index contributed by atoms with van der Waals surface area (Å²) in [5.74, 6) is -0.455. The lowest BCUT2D eigenvalue weighted by Gasteiger charge is -2.25. The smallest absolute Gasteiger partial charge is 0.154 e. The molecule has 0 fully saturated rings. The zero-order chi connectivity index (χ0) is 14.8. The van der Waals surface area contributed by atoms with Gasteiger partial charge < -0.3 is 5.32 Å². The van der Waals surface area contributed by atoms with Crippen molar-refractivity contribution in [1.82, 2.24) is 5.32 Å². The van der Waals surface area contributed by atoms with Gasteiger partial charge in [-0.05, 0) is 29.7 Å². The second-order valence-electron chi connectivity index (χ2n) is 5.25. The average Bonchev–Trinajstić information content (AvgIpc) is 2.50. The monoisotopic (exact) mass is 303 g/mol. The molecule has 2 aromatic carbocycles. The topological polar surface area (TPSA) is 29.1 Å². The molecule has 1 unspecified atom stereocenters. The fraction of sp³-hybridized carbons (Fsp3) is 0.235. The first kappa shape index (κ1) is 14.2. The number of fused-ring (bicyclic) bond motifs is 1. The van der Waals surface area contributed by atoms with Gasteiger partial charge in [-0.2, -0.15) is 0 Å². The second-order valence-corrected chi connectivity index (χ2v) is 5.66. The number of nitrogens with one attached hydrogen (secondary N) is 1. The Labute approximate surface area is 127 Å². The Morgan fingerprint density at radius 3 is 2.71 bits per heavy atom. The molecule has 4 heteroatoms. The highest BCUT2D eigenvalue weighted by Crippen LogP contribution is 2.22. The standard InChI is InChI=1S/C17H15ClFNO/c18-14-6-3-7-15(19)13(14)9-17(21)16-8-11-4-1-2-5-12(11)10-20-16/h1-7,16,20H,8-10H2. The molecule has 0 saturated carbocycles. The van der Waals surface area contributed by atoms with Crippen molar-refractivity contribution in [3.63, 3.8) is 0 Å². The molecule has 2 nitrogen and oxygen atoms in total. The van der Waals surface area contributed by atoms with Crippen molar-refractivity contribution in [2.24, 2.45) is 0 Å². The lowest BCUT2D eigenvalue weighted by atomic mass is 9.91. The van der Waals surface area contributed by atoms with Crippen LogP contribution in [0, 0.1) is 5.82 Å². The fourth-order valence-corrected chi connectivity index (χ4v) is 2.91. The van der Waals surface area contributed by atoms with Crippen molar-refractivity contribution in [1.29, 1.82) is 0 Å². The van der Waals surface area contributed by atoms with Gasteiger partial charge in [-0.3, -0.25) is 4.79 Å². The molecule has 0 bridgehead atoms. The van der Waals surface area contributed by atoms with Gasteiger partial charge in [0.05, 0.1) is 6.04 Å². The van der Waals surface area contributed by atoms with E-state index in [9.17, 15) is 9.18 Å². The van der Waals surface area contributed by atoms with Gasteiger partial charge in [-0.15, -0.1) is 0 Å². The van der Waals surface area contributed by atoms with Crippen LogP contribution >= 0.6 is 11.6 Å². The largest absolute Gasteiger partial charge is 0.303 e. The van der Waals surface area contributed by atoms with E-state index >= 15 is 0 Å². The average molecular weight is 304 g/mol. The zero-order valence-electron chi connectivity index (χ0n) is 11.4. The molecule has 1 aliphatic heterocycles. The Morgan fingerprint density at radius 1 is 1.19 bits per heavy atom. The summed E-state index contributed by atoms with van der Waals surface area (Å²) in [6.07, 6.45) is 0.659. The van der Waals surface area contributed by atoms with Crippen molar-refractivity contribution in [3.05, 3.63) is 70.0 Å². The third-order valence-corrected chi connectivity index (χ3v) is 4.24. The number of Topliss-reactive ketones (excluding diaryl/α,β-unsaturated/α-hetero) is 1. The van der Waals surface area contributed by atoms with Crippen LogP contribution in [0.3, 0.4) is 0 Å². The first-order chi connectivity index (χ1) is 10.1. The minimum absolute atomic E-state index is 0.0192. The van der Waals surface area contributed by atoms with Crippen LogP contribution in [-0.4, -0.2) is 11.8 Å². The second kappa shape index (κ2) is 5.96. The molecule has 1 aliphatic rings.